The Balaban J connectivity index is 1.87. The number of thiophene rings is 1. The van der Waals surface area contributed by atoms with Gasteiger partial charge in [-0.25, -0.2) is 16.8 Å². The number of hydrogen-bond acceptors (Lipinski definition) is 6. The van der Waals surface area contributed by atoms with Crippen LogP contribution in [0.15, 0.2) is 46.9 Å². The molecule has 2 aromatic rings. The lowest BCUT2D eigenvalue weighted by atomic mass is 10.0. The molecule has 1 aromatic heterocycles. The van der Waals surface area contributed by atoms with E-state index in [2.05, 4.69) is 9.82 Å². The number of hydrogen-bond donors (Lipinski definition) is 1. The van der Waals surface area contributed by atoms with Crippen molar-refractivity contribution in [3.63, 3.8) is 0 Å². The smallest absolute Gasteiger partial charge is 0.247 e. The van der Waals surface area contributed by atoms with Crippen molar-refractivity contribution in [2.75, 3.05) is 16.7 Å². The van der Waals surface area contributed by atoms with Gasteiger partial charge in [0.15, 0.2) is 0 Å². The number of rotatable bonds is 6. The van der Waals surface area contributed by atoms with Crippen LogP contribution in [-0.2, 0) is 20.0 Å². The highest BCUT2D eigenvalue weighted by Crippen LogP contribution is 2.36. The quantitative estimate of drug-likeness (QED) is 0.787. The summed E-state index contributed by atoms with van der Waals surface area (Å²) in [5, 5.41) is 6.22. The van der Waals surface area contributed by atoms with Crippen molar-refractivity contribution < 1.29 is 16.8 Å². The number of hydrazone groups is 1. The lowest BCUT2D eigenvalue weighted by molar-refractivity contribution is 0.379. The molecule has 0 aliphatic carbocycles. The van der Waals surface area contributed by atoms with Gasteiger partial charge in [0.2, 0.25) is 20.0 Å². The molecule has 0 spiro atoms. The van der Waals surface area contributed by atoms with Gasteiger partial charge in [-0.15, -0.1) is 11.3 Å². The van der Waals surface area contributed by atoms with Crippen LogP contribution in [0.1, 0.15) is 29.8 Å². The molecule has 0 saturated heterocycles. The third-order valence-corrected chi connectivity index (χ3v) is 7.25. The first kappa shape index (κ1) is 18.9. The third-order valence-electron chi connectivity index (χ3n) is 3.96. The van der Waals surface area contributed by atoms with Crippen LogP contribution < -0.4 is 4.72 Å². The Morgan fingerprint density at radius 3 is 2.42 bits per heavy atom. The van der Waals surface area contributed by atoms with Crippen molar-refractivity contribution >= 4 is 42.8 Å². The standard InChI is InChI=1S/C16H19N3O4S3/c1-3-26(22,23)18-13-8-6-12(7-9-13)14-11-15(16-5-4-10-24-16)19(17-14)25(2,20)21/h4-10,15,18H,3,11H2,1-2H3/t15-/m1/s1. The van der Waals surface area contributed by atoms with Crippen LogP contribution in [0.4, 0.5) is 5.69 Å². The SMILES string of the molecule is CCS(=O)(=O)Nc1ccc(C2=NN(S(C)(=O)=O)[C@@H](c3cccs3)C2)cc1. The summed E-state index contributed by atoms with van der Waals surface area (Å²) < 4.78 is 51.1. The van der Waals surface area contributed by atoms with Gasteiger partial charge in [-0.1, -0.05) is 18.2 Å². The zero-order valence-corrected chi connectivity index (χ0v) is 16.7. The second-order valence-corrected chi connectivity index (χ2v) is 10.7. The Morgan fingerprint density at radius 2 is 1.88 bits per heavy atom. The summed E-state index contributed by atoms with van der Waals surface area (Å²) in [7, 11) is -6.83. The number of anilines is 1. The zero-order chi connectivity index (χ0) is 18.9. The average Bonchev–Trinajstić information content (AvgIpc) is 3.24. The normalized spacial score (nSPS) is 18.0. The van der Waals surface area contributed by atoms with Crippen LogP contribution in [0, 0.1) is 0 Å². The van der Waals surface area contributed by atoms with E-state index in [1.54, 1.807) is 31.2 Å². The van der Waals surface area contributed by atoms with E-state index < -0.39 is 20.0 Å². The Hall–Kier alpha value is -1.91. The van der Waals surface area contributed by atoms with Gasteiger partial charge in [-0.2, -0.15) is 9.52 Å². The van der Waals surface area contributed by atoms with Gasteiger partial charge in [0, 0.05) is 17.0 Å². The third kappa shape index (κ3) is 4.08. The summed E-state index contributed by atoms with van der Waals surface area (Å²) in [5.74, 6) is -0.00667. The topological polar surface area (TPSA) is 95.9 Å². The lowest BCUT2D eigenvalue weighted by Gasteiger charge is -2.19. The summed E-state index contributed by atoms with van der Waals surface area (Å²) in [6, 6.07) is 10.2. The number of sulfonamides is 2. The molecule has 3 rings (SSSR count). The minimum atomic E-state index is -3.49. The van der Waals surface area contributed by atoms with E-state index in [0.29, 0.717) is 17.8 Å². The first-order valence-corrected chi connectivity index (χ1v) is 12.3. The molecule has 0 fully saturated rings. The van der Waals surface area contributed by atoms with Crippen LogP contribution >= 0.6 is 11.3 Å². The van der Waals surface area contributed by atoms with Gasteiger partial charge in [0.25, 0.3) is 0 Å². The first-order chi connectivity index (χ1) is 12.2. The maximum atomic E-state index is 12.1. The predicted octanol–water partition coefficient (Wildman–Crippen LogP) is 2.62. The molecule has 2 heterocycles. The van der Waals surface area contributed by atoms with Crippen LogP contribution in [0.5, 0.6) is 0 Å². The second kappa shape index (κ2) is 7.01. The van der Waals surface area contributed by atoms with E-state index >= 15 is 0 Å². The van der Waals surface area contributed by atoms with Gasteiger partial charge in [-0.05, 0) is 36.1 Å². The summed E-state index contributed by atoms with van der Waals surface area (Å²) in [6.07, 6.45) is 1.61. The fourth-order valence-corrected chi connectivity index (χ4v) is 5.06. The van der Waals surface area contributed by atoms with Crippen LogP contribution in [-0.4, -0.2) is 39.0 Å². The maximum absolute atomic E-state index is 12.1. The predicted molar refractivity (Wildman–Crippen MR) is 104 cm³/mol. The Bertz CT molecular complexity index is 1010. The molecule has 1 aliphatic heterocycles. The van der Waals surface area contributed by atoms with E-state index in [9.17, 15) is 16.8 Å². The molecule has 10 heteroatoms. The van der Waals surface area contributed by atoms with Crippen LogP contribution in [0.3, 0.4) is 0 Å². The lowest BCUT2D eigenvalue weighted by Crippen LogP contribution is -2.25. The second-order valence-electron chi connectivity index (χ2n) is 5.90. The van der Waals surface area contributed by atoms with E-state index in [1.807, 2.05) is 17.5 Å². The molecule has 0 unspecified atom stereocenters. The summed E-state index contributed by atoms with van der Waals surface area (Å²) in [5.41, 5.74) is 1.87. The number of nitrogens with one attached hydrogen (secondary N) is 1. The minimum Gasteiger partial charge on any atom is -0.284 e. The van der Waals surface area contributed by atoms with Gasteiger partial charge >= 0.3 is 0 Å². The fourth-order valence-electron chi connectivity index (χ4n) is 2.64. The first-order valence-electron chi connectivity index (χ1n) is 7.91. The molecule has 0 saturated carbocycles. The monoisotopic (exact) mass is 413 g/mol. The van der Waals surface area contributed by atoms with Gasteiger partial charge < -0.3 is 0 Å². The van der Waals surface area contributed by atoms with Crippen LogP contribution in [0.2, 0.25) is 0 Å². The van der Waals surface area contributed by atoms with Crippen molar-refractivity contribution in [3.8, 4) is 0 Å². The van der Waals surface area contributed by atoms with E-state index in [1.165, 1.54) is 11.3 Å². The summed E-state index contributed by atoms with van der Waals surface area (Å²) >= 11 is 1.49. The highest BCUT2D eigenvalue weighted by molar-refractivity contribution is 7.92. The molecular weight excluding hydrogens is 394 g/mol. The van der Waals surface area contributed by atoms with Crippen molar-refractivity contribution in [1.29, 1.82) is 0 Å². The minimum absolute atomic E-state index is 0.00667. The van der Waals surface area contributed by atoms with Crippen molar-refractivity contribution in [1.82, 2.24) is 4.41 Å². The van der Waals surface area contributed by atoms with Crippen molar-refractivity contribution in [2.24, 2.45) is 5.10 Å². The number of nitrogens with zero attached hydrogens (tertiary/aromatic N) is 2. The average molecular weight is 414 g/mol. The van der Waals surface area contributed by atoms with Crippen molar-refractivity contribution in [3.05, 3.63) is 52.2 Å². The molecule has 1 atom stereocenters. The number of benzene rings is 1. The molecule has 0 amide bonds. The molecule has 140 valence electrons. The van der Waals surface area contributed by atoms with Gasteiger partial charge in [0.1, 0.15) is 6.04 Å². The van der Waals surface area contributed by atoms with E-state index in [0.717, 1.165) is 21.1 Å². The maximum Gasteiger partial charge on any atom is 0.247 e. The van der Waals surface area contributed by atoms with Crippen LogP contribution in [0.25, 0.3) is 0 Å². The fraction of sp³-hybridized carbons (Fsp3) is 0.312. The molecule has 1 N–H and O–H groups in total. The summed E-state index contributed by atoms with van der Waals surface area (Å²) in [4.78, 5) is 0.932. The Labute approximate surface area is 157 Å². The molecule has 1 aliphatic rings. The molecule has 0 bridgehead atoms. The van der Waals surface area contributed by atoms with Gasteiger partial charge in [-0.3, -0.25) is 4.72 Å². The highest BCUT2D eigenvalue weighted by Gasteiger charge is 2.35. The molecule has 7 nitrogen and oxygen atoms in total. The molecular formula is C16H19N3O4S3. The van der Waals surface area contributed by atoms with E-state index in [-0.39, 0.29) is 11.8 Å². The Kier molecular flexibility index (Phi) is 5.09. The largest absolute Gasteiger partial charge is 0.284 e. The molecule has 26 heavy (non-hydrogen) atoms. The van der Waals surface area contributed by atoms with Gasteiger partial charge in [0.05, 0.1) is 17.7 Å². The zero-order valence-electron chi connectivity index (χ0n) is 14.3. The molecule has 0 radical (unpaired) electrons. The Morgan fingerprint density at radius 1 is 1.19 bits per heavy atom. The van der Waals surface area contributed by atoms with Crippen molar-refractivity contribution in [2.45, 2.75) is 19.4 Å². The highest BCUT2D eigenvalue weighted by atomic mass is 32.2. The van der Waals surface area contributed by atoms with E-state index in [4.69, 9.17) is 0 Å². The molecule has 1 aromatic carbocycles. The summed E-state index contributed by atoms with van der Waals surface area (Å²) in [6.45, 7) is 1.56.